The van der Waals surface area contributed by atoms with Crippen molar-refractivity contribution in [2.75, 3.05) is 37.0 Å². The van der Waals surface area contributed by atoms with Gasteiger partial charge in [-0.1, -0.05) is 27.2 Å². The number of carbonyl (C=O) groups is 1. The minimum atomic E-state index is -0.482. The summed E-state index contributed by atoms with van der Waals surface area (Å²) in [6.07, 6.45) is 3.42. The molecule has 2 aromatic rings. The van der Waals surface area contributed by atoms with Crippen LogP contribution in [0.5, 0.6) is 0 Å². The van der Waals surface area contributed by atoms with Crippen molar-refractivity contribution in [1.82, 2.24) is 9.88 Å². The summed E-state index contributed by atoms with van der Waals surface area (Å²) in [5, 5.41) is 2.08. The number of nitrogens with zero attached hydrogens (tertiary/aromatic N) is 4. The smallest absolute Gasteiger partial charge is 0.234 e. The Balaban J connectivity index is 2.07. The predicted octanol–water partition coefficient (Wildman–Crippen LogP) is 4.77. The van der Waals surface area contributed by atoms with Crippen molar-refractivity contribution in [3.8, 4) is 0 Å². The van der Waals surface area contributed by atoms with Gasteiger partial charge in [0.2, 0.25) is 5.91 Å². The number of thiazole rings is 1. The number of aromatic nitrogens is 1. The normalized spacial score (nSPS) is 16.6. The largest absolute Gasteiger partial charge is 0.378 e. The lowest BCUT2D eigenvalue weighted by molar-refractivity contribution is -0.127. The maximum Gasteiger partial charge on any atom is 0.234 e. The quantitative estimate of drug-likeness (QED) is 0.725. The molecular weight excluding hydrogens is 368 g/mol. The van der Waals surface area contributed by atoms with E-state index in [-0.39, 0.29) is 12.1 Å². The number of carbonyl (C=O) groups excluding carboxylic acids is 1. The first-order valence-corrected chi connectivity index (χ1v) is 11.0. The summed E-state index contributed by atoms with van der Waals surface area (Å²) in [4.78, 5) is 24.7. The minimum absolute atomic E-state index is 0.119. The molecule has 1 aliphatic heterocycles. The number of hydrogen-bond donors (Lipinski definition) is 0. The van der Waals surface area contributed by atoms with E-state index in [2.05, 4.69) is 44.4 Å². The van der Waals surface area contributed by atoms with Gasteiger partial charge in [0.25, 0.3) is 0 Å². The van der Waals surface area contributed by atoms with E-state index in [9.17, 15) is 4.79 Å². The Kier molecular flexibility index (Phi) is 6.40. The first-order chi connectivity index (χ1) is 13.3. The summed E-state index contributed by atoms with van der Waals surface area (Å²) in [6.45, 7) is 7.96. The van der Waals surface area contributed by atoms with E-state index in [0.717, 1.165) is 43.0 Å². The van der Waals surface area contributed by atoms with Crippen molar-refractivity contribution in [1.29, 1.82) is 0 Å². The van der Waals surface area contributed by atoms with E-state index in [1.807, 2.05) is 45.3 Å². The van der Waals surface area contributed by atoms with E-state index in [1.54, 1.807) is 11.3 Å². The monoisotopic (exact) mass is 400 g/mol. The van der Waals surface area contributed by atoms with Crippen LogP contribution in [0.3, 0.4) is 0 Å². The number of amides is 1. The van der Waals surface area contributed by atoms with Crippen LogP contribution >= 0.6 is 11.3 Å². The van der Waals surface area contributed by atoms with Crippen molar-refractivity contribution in [2.45, 2.75) is 46.2 Å². The van der Waals surface area contributed by atoms with Crippen LogP contribution in [0.15, 0.2) is 35.2 Å². The lowest BCUT2D eigenvalue weighted by Gasteiger charge is -2.42. The zero-order valence-corrected chi connectivity index (χ0v) is 18.5. The predicted molar refractivity (Wildman–Crippen MR) is 118 cm³/mol. The highest BCUT2D eigenvalue weighted by Gasteiger charge is 2.38. The molecule has 1 atom stereocenters. The van der Waals surface area contributed by atoms with Gasteiger partial charge in [0, 0.05) is 49.4 Å². The fourth-order valence-electron chi connectivity index (χ4n) is 3.64. The first-order valence-electron chi connectivity index (χ1n) is 10.0. The average molecular weight is 401 g/mol. The van der Waals surface area contributed by atoms with Gasteiger partial charge in [0.05, 0.1) is 11.2 Å². The number of benzene rings is 1. The summed E-state index contributed by atoms with van der Waals surface area (Å²) in [6, 6.07) is 8.27. The number of anilines is 2. The van der Waals surface area contributed by atoms with Crippen LogP contribution in [0, 0.1) is 5.41 Å². The molecule has 1 amide bonds. The van der Waals surface area contributed by atoms with Crippen LogP contribution in [0.4, 0.5) is 11.4 Å². The molecule has 0 saturated carbocycles. The Labute approximate surface area is 173 Å². The zero-order chi connectivity index (χ0) is 20.3. The highest BCUT2D eigenvalue weighted by atomic mass is 32.1. The van der Waals surface area contributed by atoms with Gasteiger partial charge in [-0.25, -0.2) is 4.98 Å². The summed E-state index contributed by atoms with van der Waals surface area (Å²) >= 11 is 1.59. The molecule has 1 saturated heterocycles. The molecular formula is C22H32N4OS. The van der Waals surface area contributed by atoms with Crippen LogP contribution < -0.4 is 9.80 Å². The van der Waals surface area contributed by atoms with Crippen molar-refractivity contribution in [3.63, 3.8) is 0 Å². The van der Waals surface area contributed by atoms with E-state index in [0.29, 0.717) is 0 Å². The van der Waals surface area contributed by atoms with Gasteiger partial charge in [-0.05, 0) is 37.1 Å². The van der Waals surface area contributed by atoms with Gasteiger partial charge in [0.15, 0.2) is 0 Å². The van der Waals surface area contributed by atoms with Crippen LogP contribution in [-0.4, -0.2) is 43.0 Å². The Morgan fingerprint density at radius 2 is 1.68 bits per heavy atom. The molecule has 1 unspecified atom stereocenters. The van der Waals surface area contributed by atoms with Crippen LogP contribution in [0.25, 0.3) is 0 Å². The van der Waals surface area contributed by atoms with Gasteiger partial charge >= 0.3 is 0 Å². The van der Waals surface area contributed by atoms with Gasteiger partial charge in [-0.15, -0.1) is 11.3 Å². The topological polar surface area (TPSA) is 39.7 Å². The van der Waals surface area contributed by atoms with Crippen LogP contribution in [0.1, 0.15) is 51.9 Å². The van der Waals surface area contributed by atoms with Crippen LogP contribution in [0.2, 0.25) is 0 Å². The Bertz CT molecular complexity index is 759. The lowest BCUT2D eigenvalue weighted by Crippen LogP contribution is -2.50. The molecule has 0 radical (unpaired) electrons. The molecule has 5 nitrogen and oxygen atoms in total. The molecule has 0 N–H and O–H groups in total. The molecule has 1 aliphatic rings. The second kappa shape index (κ2) is 8.62. The highest BCUT2D eigenvalue weighted by Crippen LogP contribution is 2.36. The molecule has 1 aromatic heterocycles. The maximum atomic E-state index is 13.6. The van der Waals surface area contributed by atoms with E-state index >= 15 is 0 Å². The summed E-state index contributed by atoms with van der Waals surface area (Å²) in [7, 11) is 4.05. The van der Waals surface area contributed by atoms with Crippen molar-refractivity contribution in [3.05, 3.63) is 40.8 Å². The first kappa shape index (κ1) is 20.8. The van der Waals surface area contributed by atoms with E-state index < -0.39 is 5.41 Å². The summed E-state index contributed by atoms with van der Waals surface area (Å²) < 4.78 is 0. The Hall–Kier alpha value is -1.92. The van der Waals surface area contributed by atoms with Crippen molar-refractivity contribution >= 4 is 28.6 Å². The van der Waals surface area contributed by atoms with Crippen molar-refractivity contribution in [2.24, 2.45) is 5.41 Å². The molecule has 0 aliphatic carbocycles. The molecule has 152 valence electrons. The lowest BCUT2D eigenvalue weighted by atomic mass is 9.93. The standard InChI is InChI=1S/C22H32N4OS/c1-22(2,3)21(27)26(18-11-9-17(10-12-18)24(4)5)20(19-15-28-16-23-19)25-13-7-6-8-14-25/h9-12,15-16,20H,6-8,13-14H2,1-5H3. The molecule has 1 aromatic carbocycles. The van der Waals surface area contributed by atoms with Crippen LogP contribution in [-0.2, 0) is 4.79 Å². The summed E-state index contributed by atoms with van der Waals surface area (Å²) in [5.41, 5.74) is 4.39. The van der Waals surface area contributed by atoms with Gasteiger partial charge < -0.3 is 4.90 Å². The minimum Gasteiger partial charge on any atom is -0.378 e. The molecule has 0 bridgehead atoms. The number of hydrogen-bond acceptors (Lipinski definition) is 5. The number of rotatable bonds is 5. The van der Waals surface area contributed by atoms with E-state index in [1.165, 1.54) is 6.42 Å². The Morgan fingerprint density at radius 3 is 2.18 bits per heavy atom. The van der Waals surface area contributed by atoms with Gasteiger partial charge in [-0.2, -0.15) is 0 Å². The number of piperidine rings is 1. The fraction of sp³-hybridized carbons (Fsp3) is 0.545. The third-order valence-electron chi connectivity index (χ3n) is 5.20. The fourth-order valence-corrected chi connectivity index (χ4v) is 4.20. The SMILES string of the molecule is CN(C)c1ccc(N(C(=O)C(C)(C)C)C(c2cscn2)N2CCCCC2)cc1. The summed E-state index contributed by atoms with van der Waals surface area (Å²) in [5.74, 6) is 0.119. The van der Waals surface area contributed by atoms with Crippen molar-refractivity contribution < 1.29 is 4.79 Å². The molecule has 6 heteroatoms. The second-order valence-corrected chi connectivity index (χ2v) is 9.44. The zero-order valence-electron chi connectivity index (χ0n) is 17.7. The maximum absolute atomic E-state index is 13.6. The van der Waals surface area contributed by atoms with Gasteiger partial charge in [0.1, 0.15) is 6.17 Å². The average Bonchev–Trinajstić information content (AvgIpc) is 3.19. The third kappa shape index (κ3) is 4.55. The molecule has 28 heavy (non-hydrogen) atoms. The molecule has 2 heterocycles. The Morgan fingerprint density at radius 1 is 1.07 bits per heavy atom. The second-order valence-electron chi connectivity index (χ2n) is 8.72. The molecule has 0 spiro atoms. The molecule has 3 rings (SSSR count). The number of likely N-dealkylation sites (tertiary alicyclic amines) is 1. The van der Waals surface area contributed by atoms with Gasteiger partial charge in [-0.3, -0.25) is 14.6 Å². The third-order valence-corrected chi connectivity index (χ3v) is 5.81. The molecule has 1 fully saturated rings. The van der Waals surface area contributed by atoms with E-state index in [4.69, 9.17) is 0 Å². The highest BCUT2D eigenvalue weighted by molar-refractivity contribution is 7.07.